The molecule has 4 rings (SSSR count). The summed E-state index contributed by atoms with van der Waals surface area (Å²) in [7, 11) is -4.11. The fourth-order valence-corrected chi connectivity index (χ4v) is 6.31. The first-order valence-electron chi connectivity index (χ1n) is 14.1. The third-order valence-electron chi connectivity index (χ3n) is 6.88. The van der Waals surface area contributed by atoms with Gasteiger partial charge in [0.1, 0.15) is 12.6 Å². The first-order chi connectivity index (χ1) is 20.6. The maximum absolute atomic E-state index is 14.4. The van der Waals surface area contributed by atoms with E-state index in [-0.39, 0.29) is 29.7 Å². The monoisotopic (exact) mass is 661 g/mol. The Balaban J connectivity index is 1.77. The van der Waals surface area contributed by atoms with Crippen LogP contribution in [0.2, 0.25) is 0 Å². The zero-order valence-corrected chi connectivity index (χ0v) is 26.7. The van der Waals surface area contributed by atoms with Crippen LogP contribution >= 0.6 is 15.9 Å². The highest BCUT2D eigenvalue weighted by Gasteiger charge is 2.34. The molecule has 0 radical (unpaired) electrons. The van der Waals surface area contributed by atoms with Gasteiger partial charge >= 0.3 is 0 Å². The molecule has 2 amide bonds. The van der Waals surface area contributed by atoms with Crippen molar-refractivity contribution in [3.63, 3.8) is 0 Å². The van der Waals surface area contributed by atoms with Crippen molar-refractivity contribution in [1.82, 2.24) is 10.2 Å². The lowest BCUT2D eigenvalue weighted by molar-refractivity contribution is -0.140. The minimum Gasteiger partial charge on any atom is -0.354 e. The minimum atomic E-state index is -4.11. The van der Waals surface area contributed by atoms with Crippen molar-refractivity contribution >= 4 is 43.5 Å². The molecule has 0 aliphatic rings. The number of anilines is 1. The summed E-state index contributed by atoms with van der Waals surface area (Å²) in [5.41, 5.74) is 2.05. The highest BCUT2D eigenvalue weighted by Crippen LogP contribution is 2.25. The molecule has 1 unspecified atom stereocenters. The van der Waals surface area contributed by atoms with Gasteiger partial charge in [-0.3, -0.25) is 13.9 Å². The number of halogens is 1. The van der Waals surface area contributed by atoms with Gasteiger partial charge in [-0.1, -0.05) is 109 Å². The fraction of sp³-hybridized carbons (Fsp3) is 0.235. The van der Waals surface area contributed by atoms with Gasteiger partial charge in [0.25, 0.3) is 10.0 Å². The normalized spacial score (nSPS) is 12.0. The summed E-state index contributed by atoms with van der Waals surface area (Å²) in [5, 5.41) is 3.00. The van der Waals surface area contributed by atoms with Crippen molar-refractivity contribution in [2.75, 3.05) is 17.4 Å². The first kappa shape index (κ1) is 32.0. The first-order valence-corrected chi connectivity index (χ1v) is 16.4. The van der Waals surface area contributed by atoms with Crippen molar-refractivity contribution in [3.8, 4) is 0 Å². The lowest BCUT2D eigenvalue weighted by Gasteiger charge is -2.34. The van der Waals surface area contributed by atoms with Crippen molar-refractivity contribution in [3.05, 3.63) is 131 Å². The van der Waals surface area contributed by atoms with Crippen molar-refractivity contribution in [1.29, 1.82) is 0 Å². The highest BCUT2D eigenvalue weighted by atomic mass is 79.9. The number of hydrogen-bond donors (Lipinski definition) is 1. The number of carbonyl (C=O) groups excluding carboxylic acids is 2. The van der Waals surface area contributed by atoms with E-state index < -0.39 is 28.5 Å². The molecule has 224 valence electrons. The Bertz CT molecular complexity index is 1580. The van der Waals surface area contributed by atoms with Gasteiger partial charge in [0, 0.05) is 24.0 Å². The molecule has 0 fully saturated rings. The largest absolute Gasteiger partial charge is 0.354 e. The van der Waals surface area contributed by atoms with Gasteiger partial charge in [0.15, 0.2) is 0 Å². The average molecular weight is 663 g/mol. The second-order valence-electron chi connectivity index (χ2n) is 10.7. The van der Waals surface area contributed by atoms with E-state index in [0.717, 1.165) is 19.9 Å². The summed E-state index contributed by atoms with van der Waals surface area (Å²) in [5.74, 6) is -0.575. The van der Waals surface area contributed by atoms with Gasteiger partial charge in [-0.2, -0.15) is 0 Å². The molecule has 0 saturated carbocycles. The van der Waals surface area contributed by atoms with Crippen LogP contribution < -0.4 is 9.62 Å². The molecule has 0 spiro atoms. The average Bonchev–Trinajstić information content (AvgIpc) is 3.02. The van der Waals surface area contributed by atoms with Gasteiger partial charge in [-0.15, -0.1) is 0 Å². The quantitative estimate of drug-likeness (QED) is 0.189. The van der Waals surface area contributed by atoms with E-state index in [0.29, 0.717) is 12.2 Å². The maximum atomic E-state index is 14.4. The van der Waals surface area contributed by atoms with E-state index in [9.17, 15) is 18.0 Å². The SMILES string of the molecule is CC(C)CNC(=O)C(Cc1ccccc1)N(Cc1ccc(Br)cc1)C(=O)CN(c1ccccc1)S(=O)(=O)c1ccccc1. The molecular weight excluding hydrogens is 626 g/mol. The molecule has 4 aromatic rings. The van der Waals surface area contributed by atoms with Crippen LogP contribution in [0.3, 0.4) is 0 Å². The van der Waals surface area contributed by atoms with E-state index in [2.05, 4.69) is 21.2 Å². The molecular formula is C34H36BrN3O4S. The number of nitrogens with zero attached hydrogens (tertiary/aromatic N) is 2. The molecule has 0 bridgehead atoms. The fourth-order valence-electron chi connectivity index (χ4n) is 4.61. The zero-order chi connectivity index (χ0) is 30.8. The number of carbonyl (C=O) groups is 2. The summed E-state index contributed by atoms with van der Waals surface area (Å²) in [6.07, 6.45) is 0.268. The van der Waals surface area contributed by atoms with Crippen LogP contribution in [0.4, 0.5) is 5.69 Å². The van der Waals surface area contributed by atoms with Crippen LogP contribution in [0.1, 0.15) is 25.0 Å². The Kier molecular flexibility index (Phi) is 11.1. The third kappa shape index (κ3) is 8.78. The van der Waals surface area contributed by atoms with Crippen LogP contribution in [0.15, 0.2) is 125 Å². The Morgan fingerprint density at radius 3 is 1.91 bits per heavy atom. The van der Waals surface area contributed by atoms with Crippen molar-refractivity contribution in [2.24, 2.45) is 5.92 Å². The maximum Gasteiger partial charge on any atom is 0.264 e. The topological polar surface area (TPSA) is 86.8 Å². The number of hydrogen-bond acceptors (Lipinski definition) is 4. The van der Waals surface area contributed by atoms with E-state index >= 15 is 0 Å². The second-order valence-corrected chi connectivity index (χ2v) is 13.4. The third-order valence-corrected chi connectivity index (χ3v) is 9.19. The predicted molar refractivity (Wildman–Crippen MR) is 174 cm³/mol. The number of rotatable bonds is 13. The highest BCUT2D eigenvalue weighted by molar-refractivity contribution is 9.10. The number of sulfonamides is 1. The number of amides is 2. The van der Waals surface area contributed by atoms with Gasteiger partial charge < -0.3 is 10.2 Å². The van der Waals surface area contributed by atoms with E-state index in [4.69, 9.17) is 0 Å². The van der Waals surface area contributed by atoms with Gasteiger partial charge in [0.05, 0.1) is 10.6 Å². The summed E-state index contributed by atoms with van der Waals surface area (Å²) >= 11 is 3.46. The van der Waals surface area contributed by atoms with Gasteiger partial charge in [-0.05, 0) is 53.4 Å². The Labute approximate surface area is 262 Å². The van der Waals surface area contributed by atoms with Crippen LogP contribution in [0.5, 0.6) is 0 Å². The minimum absolute atomic E-state index is 0.0709. The molecule has 4 aromatic carbocycles. The van der Waals surface area contributed by atoms with Crippen LogP contribution in [-0.4, -0.2) is 44.3 Å². The zero-order valence-electron chi connectivity index (χ0n) is 24.3. The molecule has 0 saturated heterocycles. The molecule has 0 aliphatic heterocycles. The summed E-state index contributed by atoms with van der Waals surface area (Å²) in [6, 6.07) is 32.7. The predicted octanol–water partition coefficient (Wildman–Crippen LogP) is 6.06. The van der Waals surface area contributed by atoms with Crippen LogP contribution in [-0.2, 0) is 32.6 Å². The molecule has 7 nitrogen and oxygen atoms in total. The smallest absolute Gasteiger partial charge is 0.264 e. The summed E-state index contributed by atoms with van der Waals surface area (Å²) in [4.78, 5) is 29.7. The lowest BCUT2D eigenvalue weighted by atomic mass is 10.0. The van der Waals surface area contributed by atoms with E-state index in [1.54, 1.807) is 48.5 Å². The Hall–Kier alpha value is -3.95. The Morgan fingerprint density at radius 2 is 1.33 bits per heavy atom. The molecule has 1 N–H and O–H groups in total. The van der Waals surface area contributed by atoms with Crippen molar-refractivity contribution in [2.45, 2.75) is 37.8 Å². The summed E-state index contributed by atoms with van der Waals surface area (Å²) in [6.45, 7) is 4.09. The molecule has 9 heteroatoms. The van der Waals surface area contributed by atoms with E-state index in [1.807, 2.05) is 68.4 Å². The second kappa shape index (κ2) is 15.0. The number of nitrogens with one attached hydrogen (secondary N) is 1. The van der Waals surface area contributed by atoms with Crippen LogP contribution in [0, 0.1) is 5.92 Å². The Morgan fingerprint density at radius 1 is 0.767 bits per heavy atom. The molecule has 43 heavy (non-hydrogen) atoms. The van der Waals surface area contributed by atoms with Crippen molar-refractivity contribution < 1.29 is 18.0 Å². The summed E-state index contributed by atoms with van der Waals surface area (Å²) < 4.78 is 29.9. The standard InChI is InChI=1S/C34H36BrN3O4S/c1-26(2)23-36-34(40)32(22-27-12-6-3-7-13-27)37(24-28-18-20-29(35)21-19-28)33(39)25-38(30-14-8-4-9-15-30)43(41,42)31-16-10-5-11-17-31/h3-21,26,32H,22-25H2,1-2H3,(H,36,40). The molecule has 0 heterocycles. The number of benzene rings is 4. The molecule has 1 atom stereocenters. The van der Waals surface area contributed by atoms with E-state index in [1.165, 1.54) is 17.0 Å². The number of para-hydroxylation sites is 1. The molecule has 0 aliphatic carbocycles. The van der Waals surface area contributed by atoms with Gasteiger partial charge in [0.2, 0.25) is 11.8 Å². The van der Waals surface area contributed by atoms with Gasteiger partial charge in [-0.25, -0.2) is 8.42 Å². The lowest BCUT2D eigenvalue weighted by Crippen LogP contribution is -2.53. The molecule has 0 aromatic heterocycles. The van der Waals surface area contributed by atoms with Crippen LogP contribution in [0.25, 0.3) is 0 Å².